The quantitative estimate of drug-likeness (QED) is 0.0263. The van der Waals surface area contributed by atoms with Gasteiger partial charge in [0.1, 0.15) is 24.4 Å². The lowest BCUT2D eigenvalue weighted by atomic mass is 9.99. The van der Waals surface area contributed by atoms with Crippen LogP contribution in [0.3, 0.4) is 0 Å². The second-order valence-electron chi connectivity index (χ2n) is 17.2. The Morgan fingerprint density at radius 1 is 0.583 bits per heavy atom. The standard InChI is InChI=1S/C51H93NO8/c1-3-5-7-9-11-13-15-17-19-20-21-22-23-24-25-26-27-29-31-33-35-37-39-41-47(55)52-44(43-59-51-50(58)49(57)48(56)46(42-53)60-51)45(54)40-38-36-34-32-30-28-18-16-14-12-10-8-6-4-2/h5,7,11,13,17,19,21-22,44-46,48-51,53-54,56-58H,3-4,6,8-10,12,14-16,18,20,23-43H2,1-2H3,(H,52,55)/b7-5-,13-11-,19-17-,22-21-. The van der Waals surface area contributed by atoms with E-state index in [0.29, 0.717) is 12.8 Å². The normalized spacial score (nSPS) is 20.9. The molecule has 9 nitrogen and oxygen atoms in total. The molecule has 0 aromatic heterocycles. The fourth-order valence-corrected chi connectivity index (χ4v) is 7.74. The summed E-state index contributed by atoms with van der Waals surface area (Å²) >= 11 is 0. The molecule has 7 atom stereocenters. The molecule has 9 heteroatoms. The summed E-state index contributed by atoms with van der Waals surface area (Å²) < 4.78 is 11.3. The molecule has 6 N–H and O–H groups in total. The number of carbonyl (C=O) groups is 1. The van der Waals surface area contributed by atoms with E-state index in [1.54, 1.807) is 0 Å². The van der Waals surface area contributed by atoms with Crippen LogP contribution in [0.25, 0.3) is 0 Å². The highest BCUT2D eigenvalue weighted by Gasteiger charge is 2.44. The molecular formula is C51H93NO8. The fraction of sp³-hybridized carbons (Fsp3) is 0.824. The molecule has 0 spiro atoms. The number of rotatable bonds is 41. The van der Waals surface area contributed by atoms with Gasteiger partial charge < -0.3 is 40.3 Å². The van der Waals surface area contributed by atoms with Crippen LogP contribution < -0.4 is 5.32 Å². The Bertz CT molecular complexity index is 1080. The summed E-state index contributed by atoms with van der Waals surface area (Å²) in [5.74, 6) is -0.150. The van der Waals surface area contributed by atoms with Crippen molar-refractivity contribution in [1.29, 1.82) is 0 Å². The second-order valence-corrected chi connectivity index (χ2v) is 17.2. The van der Waals surface area contributed by atoms with Crippen LogP contribution in [0, 0.1) is 0 Å². The lowest BCUT2D eigenvalue weighted by Gasteiger charge is -2.40. The zero-order valence-electron chi connectivity index (χ0n) is 38.5. The molecule has 1 saturated heterocycles. The van der Waals surface area contributed by atoms with Crippen molar-refractivity contribution in [2.45, 2.75) is 256 Å². The molecule has 60 heavy (non-hydrogen) atoms. The van der Waals surface area contributed by atoms with E-state index in [0.717, 1.165) is 70.6 Å². The van der Waals surface area contributed by atoms with Gasteiger partial charge in [0, 0.05) is 6.42 Å². The number of hydrogen-bond acceptors (Lipinski definition) is 8. The maximum Gasteiger partial charge on any atom is 0.220 e. The monoisotopic (exact) mass is 848 g/mol. The van der Waals surface area contributed by atoms with E-state index in [-0.39, 0.29) is 12.5 Å². The number of amides is 1. The van der Waals surface area contributed by atoms with Crippen molar-refractivity contribution in [3.05, 3.63) is 48.6 Å². The van der Waals surface area contributed by atoms with Gasteiger partial charge in [-0.05, 0) is 51.4 Å². The maximum atomic E-state index is 13.0. The first-order valence-electron chi connectivity index (χ1n) is 24.8. The van der Waals surface area contributed by atoms with E-state index in [4.69, 9.17) is 9.47 Å². The van der Waals surface area contributed by atoms with E-state index in [1.165, 1.54) is 116 Å². The Balaban J connectivity index is 2.26. The first kappa shape index (κ1) is 56.2. The highest BCUT2D eigenvalue weighted by molar-refractivity contribution is 5.76. The molecule has 1 heterocycles. The summed E-state index contributed by atoms with van der Waals surface area (Å²) in [4.78, 5) is 13.0. The van der Waals surface area contributed by atoms with Gasteiger partial charge in [0.25, 0.3) is 0 Å². The van der Waals surface area contributed by atoms with Gasteiger partial charge in [0.2, 0.25) is 5.91 Å². The Hall–Kier alpha value is -1.85. The highest BCUT2D eigenvalue weighted by Crippen LogP contribution is 2.23. The van der Waals surface area contributed by atoms with E-state index >= 15 is 0 Å². The number of ether oxygens (including phenoxy) is 2. The van der Waals surface area contributed by atoms with Crippen molar-refractivity contribution in [3.63, 3.8) is 0 Å². The van der Waals surface area contributed by atoms with Crippen molar-refractivity contribution >= 4 is 5.91 Å². The molecule has 1 aliphatic heterocycles. The third kappa shape index (κ3) is 31.1. The minimum Gasteiger partial charge on any atom is -0.394 e. The third-order valence-corrected chi connectivity index (χ3v) is 11.7. The average molecular weight is 848 g/mol. The molecule has 0 aliphatic carbocycles. The largest absolute Gasteiger partial charge is 0.394 e. The average Bonchev–Trinajstić information content (AvgIpc) is 3.25. The molecular weight excluding hydrogens is 755 g/mol. The summed E-state index contributed by atoms with van der Waals surface area (Å²) in [5.41, 5.74) is 0. The number of aliphatic hydroxyl groups excluding tert-OH is 5. The van der Waals surface area contributed by atoms with Crippen molar-refractivity contribution in [2.24, 2.45) is 0 Å². The predicted molar refractivity (Wildman–Crippen MR) is 249 cm³/mol. The van der Waals surface area contributed by atoms with Crippen molar-refractivity contribution in [1.82, 2.24) is 5.32 Å². The first-order valence-corrected chi connectivity index (χ1v) is 24.8. The lowest BCUT2D eigenvalue weighted by Crippen LogP contribution is -2.60. The summed E-state index contributed by atoms with van der Waals surface area (Å²) in [7, 11) is 0. The molecule has 0 saturated carbocycles. The zero-order valence-corrected chi connectivity index (χ0v) is 38.5. The van der Waals surface area contributed by atoms with Crippen LogP contribution in [0.15, 0.2) is 48.6 Å². The summed E-state index contributed by atoms with van der Waals surface area (Å²) in [6.45, 7) is 3.72. The SMILES string of the molecule is CC/C=C\C/C=C\C/C=C\C/C=C\CCCCCCCCCCCCC(=O)NC(COC1OC(CO)C(O)C(O)C1O)C(O)CCCCCCCCCCCCCCCC. The molecule has 7 unspecified atom stereocenters. The zero-order chi connectivity index (χ0) is 43.7. The van der Waals surface area contributed by atoms with Crippen molar-refractivity contribution in [3.8, 4) is 0 Å². The molecule has 0 aromatic rings. The van der Waals surface area contributed by atoms with Gasteiger partial charge in [-0.25, -0.2) is 0 Å². The van der Waals surface area contributed by atoms with Crippen LogP contribution in [-0.4, -0.2) is 87.5 Å². The van der Waals surface area contributed by atoms with Crippen molar-refractivity contribution < 1.29 is 39.8 Å². The van der Waals surface area contributed by atoms with Gasteiger partial charge in [-0.15, -0.1) is 0 Å². The van der Waals surface area contributed by atoms with Crippen LogP contribution in [0.1, 0.15) is 213 Å². The Labute approximate surface area is 367 Å². The van der Waals surface area contributed by atoms with Crippen LogP contribution in [-0.2, 0) is 14.3 Å². The van der Waals surface area contributed by atoms with Gasteiger partial charge in [-0.2, -0.15) is 0 Å². The summed E-state index contributed by atoms with van der Waals surface area (Å²) in [5, 5.41) is 54.4. The minimum absolute atomic E-state index is 0.140. The van der Waals surface area contributed by atoms with Crippen LogP contribution in [0.5, 0.6) is 0 Å². The van der Waals surface area contributed by atoms with Crippen LogP contribution >= 0.6 is 0 Å². The smallest absolute Gasteiger partial charge is 0.220 e. The molecule has 0 radical (unpaired) electrons. The number of allylic oxidation sites excluding steroid dienone is 8. The third-order valence-electron chi connectivity index (χ3n) is 11.7. The Morgan fingerprint density at radius 2 is 1.03 bits per heavy atom. The van der Waals surface area contributed by atoms with Gasteiger partial charge in [-0.3, -0.25) is 4.79 Å². The van der Waals surface area contributed by atoms with E-state index < -0.39 is 49.5 Å². The van der Waals surface area contributed by atoms with Crippen LogP contribution in [0.4, 0.5) is 0 Å². The predicted octanol–water partition coefficient (Wildman–Crippen LogP) is 11.0. The lowest BCUT2D eigenvalue weighted by molar-refractivity contribution is -0.302. The molecule has 1 aliphatic rings. The molecule has 1 fully saturated rings. The van der Waals surface area contributed by atoms with Gasteiger partial charge in [0.15, 0.2) is 6.29 Å². The van der Waals surface area contributed by atoms with Gasteiger partial charge in [0.05, 0.1) is 25.4 Å². The number of unbranched alkanes of at least 4 members (excludes halogenated alkanes) is 23. The molecule has 1 amide bonds. The fourth-order valence-electron chi connectivity index (χ4n) is 7.74. The topological polar surface area (TPSA) is 149 Å². The molecule has 0 aromatic carbocycles. The summed E-state index contributed by atoms with van der Waals surface area (Å²) in [6.07, 6.45) is 45.4. The highest BCUT2D eigenvalue weighted by atomic mass is 16.7. The number of nitrogens with one attached hydrogen (secondary N) is 1. The molecule has 350 valence electrons. The number of carbonyl (C=O) groups excluding carboxylic acids is 1. The van der Waals surface area contributed by atoms with E-state index in [9.17, 15) is 30.3 Å². The molecule has 0 bridgehead atoms. The molecule has 1 rings (SSSR count). The van der Waals surface area contributed by atoms with Gasteiger partial charge >= 0.3 is 0 Å². The second kappa shape index (κ2) is 41.2. The minimum atomic E-state index is -1.55. The Kier molecular flexibility index (Phi) is 38.5. The van der Waals surface area contributed by atoms with E-state index in [1.807, 2.05) is 0 Å². The van der Waals surface area contributed by atoms with Crippen molar-refractivity contribution in [2.75, 3.05) is 13.2 Å². The first-order chi connectivity index (χ1) is 29.3. The number of aliphatic hydroxyl groups is 5. The van der Waals surface area contributed by atoms with E-state index in [2.05, 4.69) is 67.8 Å². The van der Waals surface area contributed by atoms with Gasteiger partial charge in [-0.1, -0.05) is 204 Å². The number of hydrogen-bond donors (Lipinski definition) is 6. The Morgan fingerprint density at radius 3 is 1.53 bits per heavy atom. The summed E-state index contributed by atoms with van der Waals surface area (Å²) in [6, 6.07) is -0.722. The van der Waals surface area contributed by atoms with Crippen LogP contribution in [0.2, 0.25) is 0 Å². The maximum absolute atomic E-state index is 13.0.